The summed E-state index contributed by atoms with van der Waals surface area (Å²) in [5.74, 6) is -0.107. The third-order valence-corrected chi connectivity index (χ3v) is 7.99. The van der Waals surface area contributed by atoms with E-state index in [-0.39, 0.29) is 30.2 Å². The van der Waals surface area contributed by atoms with Gasteiger partial charge in [-0.3, -0.25) is 14.4 Å². The number of ether oxygens (including phenoxy) is 1. The zero-order chi connectivity index (χ0) is 27.1. The summed E-state index contributed by atoms with van der Waals surface area (Å²) in [7, 11) is 1.64. The van der Waals surface area contributed by atoms with E-state index in [0.29, 0.717) is 31.5 Å². The Hall–Kier alpha value is -4.59. The van der Waals surface area contributed by atoms with E-state index in [2.05, 4.69) is 4.98 Å². The molecule has 3 aromatic carbocycles. The highest BCUT2D eigenvalue weighted by Gasteiger charge is 2.41. The molecule has 3 N–H and O–H groups in total. The van der Waals surface area contributed by atoms with E-state index in [4.69, 9.17) is 10.5 Å². The Morgan fingerprint density at radius 3 is 2.51 bits per heavy atom. The summed E-state index contributed by atoms with van der Waals surface area (Å²) < 4.78 is 5.49. The molecule has 8 nitrogen and oxygen atoms in total. The molecule has 0 radical (unpaired) electrons. The Morgan fingerprint density at radius 2 is 1.74 bits per heavy atom. The number of benzene rings is 3. The minimum absolute atomic E-state index is 0.0591. The van der Waals surface area contributed by atoms with Crippen molar-refractivity contribution in [1.82, 2.24) is 14.8 Å². The van der Waals surface area contributed by atoms with Crippen LogP contribution in [0.4, 0.5) is 0 Å². The van der Waals surface area contributed by atoms with E-state index in [0.717, 1.165) is 39.0 Å². The van der Waals surface area contributed by atoms with Gasteiger partial charge in [-0.05, 0) is 42.7 Å². The molecule has 4 aromatic rings. The van der Waals surface area contributed by atoms with Crippen LogP contribution in [0.2, 0.25) is 0 Å². The number of likely N-dealkylation sites (tertiary alicyclic amines) is 1. The monoisotopic (exact) mass is 522 g/mol. The number of fused-ring (bicyclic) bond motifs is 2. The Kier molecular flexibility index (Phi) is 6.30. The van der Waals surface area contributed by atoms with Gasteiger partial charge >= 0.3 is 0 Å². The molecule has 0 spiro atoms. The van der Waals surface area contributed by atoms with Crippen LogP contribution in [0.3, 0.4) is 0 Å². The van der Waals surface area contributed by atoms with Crippen LogP contribution in [0.15, 0.2) is 72.8 Å². The normalized spacial score (nSPS) is 17.5. The summed E-state index contributed by atoms with van der Waals surface area (Å²) >= 11 is 0. The minimum atomic E-state index is -0.460. The Balaban J connectivity index is 1.44. The molecule has 2 aliphatic heterocycles. The number of nitrogens with zero attached hydrogens (tertiary/aromatic N) is 2. The molecule has 1 aromatic heterocycles. The van der Waals surface area contributed by atoms with Gasteiger partial charge in [0.25, 0.3) is 5.91 Å². The standard InChI is InChI=1S/C31H30N4O4/c1-39-21-8-6-7-20(17-21)28-27(24-11-4-5-12-25(24)33-28)29-22-9-2-3-10-23(22)31(38)35(29)18-26(36)34-15-13-19(14-16-34)30(32)37/h2-12,17,19,29,33H,13-16,18H2,1H3,(H2,32,37). The zero-order valence-corrected chi connectivity index (χ0v) is 21.7. The molecule has 3 heterocycles. The quantitative estimate of drug-likeness (QED) is 0.397. The fourth-order valence-corrected chi connectivity index (χ4v) is 5.96. The molecule has 1 saturated heterocycles. The van der Waals surface area contributed by atoms with Crippen LogP contribution in [-0.4, -0.2) is 59.2 Å². The summed E-state index contributed by atoms with van der Waals surface area (Å²) in [4.78, 5) is 46.0. The van der Waals surface area contributed by atoms with E-state index in [1.54, 1.807) is 16.9 Å². The lowest BCUT2D eigenvalue weighted by Gasteiger charge is -2.33. The Bertz CT molecular complexity index is 1580. The molecule has 6 rings (SSSR count). The van der Waals surface area contributed by atoms with Crippen LogP contribution in [0, 0.1) is 5.92 Å². The maximum absolute atomic E-state index is 13.8. The lowest BCUT2D eigenvalue weighted by atomic mass is 9.93. The second kappa shape index (κ2) is 9.94. The van der Waals surface area contributed by atoms with Crippen LogP contribution in [0.1, 0.15) is 40.4 Å². The number of methoxy groups -OCH3 is 1. The first-order valence-corrected chi connectivity index (χ1v) is 13.2. The van der Waals surface area contributed by atoms with Crippen LogP contribution in [-0.2, 0) is 9.59 Å². The van der Waals surface area contributed by atoms with Crippen molar-refractivity contribution in [1.29, 1.82) is 0 Å². The lowest BCUT2D eigenvalue weighted by Crippen LogP contribution is -2.46. The predicted octanol–water partition coefficient (Wildman–Crippen LogP) is 4.11. The topological polar surface area (TPSA) is 109 Å². The first-order valence-electron chi connectivity index (χ1n) is 13.2. The number of nitrogens with two attached hydrogens (primary N) is 1. The number of nitrogens with one attached hydrogen (secondary N) is 1. The van der Waals surface area contributed by atoms with Crippen LogP contribution in [0.25, 0.3) is 22.2 Å². The fourth-order valence-electron chi connectivity index (χ4n) is 5.96. The highest BCUT2D eigenvalue weighted by atomic mass is 16.5. The molecule has 8 heteroatoms. The van der Waals surface area contributed by atoms with E-state index in [9.17, 15) is 14.4 Å². The van der Waals surface area contributed by atoms with Gasteiger partial charge in [-0.15, -0.1) is 0 Å². The van der Waals surface area contributed by atoms with Gasteiger partial charge < -0.3 is 25.3 Å². The number of hydrogen-bond donors (Lipinski definition) is 2. The van der Waals surface area contributed by atoms with Crippen molar-refractivity contribution in [2.24, 2.45) is 11.7 Å². The number of rotatable bonds is 6. The SMILES string of the molecule is COc1cccc(-c2[nH]c3ccccc3c2C2c3ccccc3C(=O)N2CC(=O)N2CCC(C(N)=O)CC2)c1. The number of hydrogen-bond acceptors (Lipinski definition) is 4. The average molecular weight is 523 g/mol. The van der Waals surface area contributed by atoms with E-state index in [1.807, 2.05) is 72.8 Å². The van der Waals surface area contributed by atoms with Crippen LogP contribution < -0.4 is 10.5 Å². The minimum Gasteiger partial charge on any atom is -0.497 e. The zero-order valence-electron chi connectivity index (χ0n) is 21.7. The number of para-hydroxylation sites is 1. The van der Waals surface area contributed by atoms with Crippen LogP contribution >= 0.6 is 0 Å². The van der Waals surface area contributed by atoms with E-state index in [1.165, 1.54) is 0 Å². The largest absolute Gasteiger partial charge is 0.497 e. The van der Waals surface area contributed by atoms with Crippen molar-refractivity contribution in [3.8, 4) is 17.0 Å². The third kappa shape index (κ3) is 4.31. The van der Waals surface area contributed by atoms with Gasteiger partial charge in [0, 0.05) is 46.6 Å². The second-order valence-corrected chi connectivity index (χ2v) is 10.2. The summed E-state index contributed by atoms with van der Waals surface area (Å²) in [5, 5.41) is 0.990. The highest BCUT2D eigenvalue weighted by Crippen LogP contribution is 2.45. The smallest absolute Gasteiger partial charge is 0.255 e. The molecule has 39 heavy (non-hydrogen) atoms. The van der Waals surface area contributed by atoms with E-state index < -0.39 is 6.04 Å². The van der Waals surface area contributed by atoms with Gasteiger partial charge in [0.2, 0.25) is 11.8 Å². The second-order valence-electron chi connectivity index (χ2n) is 10.2. The first-order chi connectivity index (χ1) is 19.0. The number of carbonyl (C=O) groups is 3. The molecule has 2 aliphatic rings. The van der Waals surface area contributed by atoms with Gasteiger partial charge in [-0.25, -0.2) is 0 Å². The maximum Gasteiger partial charge on any atom is 0.255 e. The molecule has 0 saturated carbocycles. The first kappa shape index (κ1) is 24.7. The van der Waals surface area contributed by atoms with Crippen molar-refractivity contribution >= 4 is 28.6 Å². The number of piperidine rings is 1. The molecular formula is C31H30N4O4. The van der Waals surface area contributed by atoms with Gasteiger partial charge in [0.15, 0.2) is 0 Å². The van der Waals surface area contributed by atoms with Crippen molar-refractivity contribution in [3.05, 3.63) is 89.5 Å². The van der Waals surface area contributed by atoms with Crippen molar-refractivity contribution in [3.63, 3.8) is 0 Å². The predicted molar refractivity (Wildman–Crippen MR) is 148 cm³/mol. The molecule has 1 atom stereocenters. The van der Waals surface area contributed by atoms with Crippen LogP contribution in [0.5, 0.6) is 5.75 Å². The van der Waals surface area contributed by atoms with Gasteiger partial charge in [-0.1, -0.05) is 48.5 Å². The molecule has 0 bridgehead atoms. The molecule has 3 amide bonds. The van der Waals surface area contributed by atoms with E-state index >= 15 is 0 Å². The fraction of sp³-hybridized carbons (Fsp3) is 0.258. The molecule has 1 unspecified atom stereocenters. The molecule has 1 fully saturated rings. The molecule has 0 aliphatic carbocycles. The average Bonchev–Trinajstić information content (AvgIpc) is 3.48. The number of amides is 3. The number of aromatic amines is 1. The number of aromatic nitrogens is 1. The lowest BCUT2D eigenvalue weighted by molar-refractivity contribution is -0.135. The maximum atomic E-state index is 13.8. The summed E-state index contributed by atoms with van der Waals surface area (Å²) in [6.45, 7) is 0.846. The summed E-state index contributed by atoms with van der Waals surface area (Å²) in [6, 6.07) is 23.0. The third-order valence-electron chi connectivity index (χ3n) is 7.99. The summed E-state index contributed by atoms with van der Waals surface area (Å²) in [6.07, 6.45) is 1.09. The Morgan fingerprint density at radius 1 is 1.00 bits per heavy atom. The number of H-pyrrole nitrogens is 1. The number of carbonyl (C=O) groups excluding carboxylic acids is 3. The highest BCUT2D eigenvalue weighted by molar-refractivity contribution is 6.03. The van der Waals surface area contributed by atoms with Gasteiger partial charge in [-0.2, -0.15) is 0 Å². The number of primary amides is 1. The van der Waals surface area contributed by atoms with Crippen molar-refractivity contribution in [2.75, 3.05) is 26.7 Å². The van der Waals surface area contributed by atoms with Gasteiger partial charge in [0.1, 0.15) is 12.3 Å². The molecular weight excluding hydrogens is 492 g/mol. The van der Waals surface area contributed by atoms with Gasteiger partial charge in [0.05, 0.1) is 18.8 Å². The summed E-state index contributed by atoms with van der Waals surface area (Å²) in [5.41, 5.74) is 10.6. The molecule has 198 valence electrons. The Labute approximate surface area is 226 Å². The van der Waals surface area contributed by atoms with Crippen molar-refractivity contribution < 1.29 is 19.1 Å². The van der Waals surface area contributed by atoms with Crippen molar-refractivity contribution in [2.45, 2.75) is 18.9 Å².